The Hall–Kier alpha value is -2.67. The van der Waals surface area contributed by atoms with E-state index in [4.69, 9.17) is 5.73 Å². The van der Waals surface area contributed by atoms with E-state index >= 15 is 0 Å². The molecule has 1 aliphatic heterocycles. The Morgan fingerprint density at radius 2 is 1.89 bits per heavy atom. The van der Waals surface area contributed by atoms with Gasteiger partial charge in [-0.15, -0.1) is 0 Å². The van der Waals surface area contributed by atoms with Crippen molar-refractivity contribution in [3.8, 4) is 0 Å². The van der Waals surface area contributed by atoms with Gasteiger partial charge in [0, 0.05) is 6.54 Å². The molecule has 2 heterocycles. The van der Waals surface area contributed by atoms with Crippen molar-refractivity contribution in [3.05, 3.63) is 62.3 Å². The Kier molecular flexibility index (Phi) is 6.14. The maximum atomic E-state index is 13.1. The highest BCUT2D eigenvalue weighted by Crippen LogP contribution is 2.10. The van der Waals surface area contributed by atoms with E-state index in [-0.39, 0.29) is 36.8 Å². The fourth-order valence-corrected chi connectivity index (χ4v) is 3.99. The predicted molar refractivity (Wildman–Crippen MR) is 109 cm³/mol. The number of nitrogens with one attached hydrogen (secondary N) is 1. The first-order chi connectivity index (χ1) is 13.4. The van der Waals surface area contributed by atoms with Gasteiger partial charge in [-0.3, -0.25) is 18.7 Å². The summed E-state index contributed by atoms with van der Waals surface area (Å²) in [5.41, 5.74) is 5.98. The molecule has 7 nitrogen and oxygen atoms in total. The fraction of sp³-hybridized carbons (Fsp3) is 0.476. The van der Waals surface area contributed by atoms with Crippen molar-refractivity contribution < 1.29 is 9.69 Å². The number of nitrogens with two attached hydrogens (primary N) is 1. The molecule has 28 heavy (non-hydrogen) atoms. The van der Waals surface area contributed by atoms with Crippen LogP contribution in [0.1, 0.15) is 49.0 Å². The number of likely N-dealkylation sites (tertiary alicyclic amines) is 1. The lowest BCUT2D eigenvalue weighted by molar-refractivity contribution is -0.920. The molecule has 1 aromatic heterocycles. The van der Waals surface area contributed by atoms with Crippen LogP contribution < -0.4 is 21.9 Å². The quantitative estimate of drug-likeness (QED) is 0.700. The van der Waals surface area contributed by atoms with Gasteiger partial charge in [0.1, 0.15) is 17.9 Å². The van der Waals surface area contributed by atoms with Crippen molar-refractivity contribution in [3.63, 3.8) is 0 Å². The largest absolute Gasteiger partial charge is 0.384 e. The lowest BCUT2D eigenvalue weighted by Crippen LogP contribution is -3.17. The Labute approximate surface area is 164 Å². The van der Waals surface area contributed by atoms with Crippen molar-refractivity contribution >= 4 is 11.6 Å². The minimum absolute atomic E-state index is 0.0300. The third-order valence-electron chi connectivity index (χ3n) is 5.72. The number of ketones is 1. The SMILES string of the molecule is CCn1c(=O)c(C(=O)C[NH+]2CCCC[C@H]2C)c(N)n(Cc2ccccc2)c1=O. The third kappa shape index (κ3) is 3.94. The summed E-state index contributed by atoms with van der Waals surface area (Å²) in [6.45, 7) is 5.41. The van der Waals surface area contributed by atoms with Crippen LogP contribution in [0.3, 0.4) is 0 Å². The molecule has 1 fully saturated rings. The maximum Gasteiger partial charge on any atom is 0.332 e. The molecular weight excluding hydrogens is 356 g/mol. The predicted octanol–water partition coefficient (Wildman–Crippen LogP) is 0.300. The van der Waals surface area contributed by atoms with Gasteiger partial charge in [0.25, 0.3) is 5.56 Å². The molecule has 1 aliphatic rings. The van der Waals surface area contributed by atoms with Crippen molar-refractivity contribution in [1.82, 2.24) is 9.13 Å². The average molecular weight is 385 g/mol. The molecule has 3 N–H and O–H groups in total. The molecule has 1 unspecified atom stereocenters. The van der Waals surface area contributed by atoms with Crippen LogP contribution in [0.25, 0.3) is 0 Å². The van der Waals surface area contributed by atoms with E-state index in [1.165, 1.54) is 15.9 Å². The summed E-state index contributed by atoms with van der Waals surface area (Å²) in [6.07, 6.45) is 3.32. The number of carbonyl (C=O) groups is 1. The van der Waals surface area contributed by atoms with E-state index in [1.807, 2.05) is 30.3 Å². The number of nitrogen functional groups attached to an aromatic ring is 1. The van der Waals surface area contributed by atoms with Gasteiger partial charge < -0.3 is 10.6 Å². The Morgan fingerprint density at radius 3 is 2.54 bits per heavy atom. The van der Waals surface area contributed by atoms with E-state index in [2.05, 4.69) is 6.92 Å². The fourth-order valence-electron chi connectivity index (χ4n) is 3.99. The number of carbonyl (C=O) groups excluding carboxylic acids is 1. The number of aromatic nitrogens is 2. The Morgan fingerprint density at radius 1 is 1.18 bits per heavy atom. The van der Waals surface area contributed by atoms with E-state index < -0.39 is 11.2 Å². The van der Waals surface area contributed by atoms with Crippen molar-refractivity contribution in [2.75, 3.05) is 18.8 Å². The number of quaternary nitrogens is 1. The first-order valence-electron chi connectivity index (χ1n) is 9.98. The summed E-state index contributed by atoms with van der Waals surface area (Å²) in [6, 6.07) is 9.78. The molecule has 0 radical (unpaired) electrons. The van der Waals surface area contributed by atoms with Gasteiger partial charge in [-0.05, 0) is 38.7 Å². The van der Waals surface area contributed by atoms with Gasteiger partial charge in [0.15, 0.2) is 0 Å². The molecule has 3 rings (SSSR count). The minimum atomic E-state index is -0.580. The Balaban J connectivity index is 2.02. The number of nitrogens with zero attached hydrogens (tertiary/aromatic N) is 2. The van der Waals surface area contributed by atoms with Crippen LogP contribution >= 0.6 is 0 Å². The Bertz CT molecular complexity index is 962. The zero-order valence-corrected chi connectivity index (χ0v) is 16.6. The summed E-state index contributed by atoms with van der Waals surface area (Å²) in [4.78, 5) is 39.9. The number of anilines is 1. The van der Waals surface area contributed by atoms with Gasteiger partial charge in [0.2, 0.25) is 5.78 Å². The van der Waals surface area contributed by atoms with Crippen LogP contribution in [0, 0.1) is 0 Å². The number of piperidine rings is 1. The molecule has 2 aromatic rings. The zero-order valence-electron chi connectivity index (χ0n) is 16.6. The smallest absolute Gasteiger partial charge is 0.332 e. The standard InChI is InChI=1S/C21H28N4O3/c1-3-24-20(27)18(17(26)14-23-12-8-7-9-15(23)2)19(22)25(21(24)28)13-16-10-5-4-6-11-16/h4-6,10-11,15H,3,7-9,12-14,22H2,1-2H3/p+1/t15-/m1/s1. The van der Waals surface area contributed by atoms with Crippen molar-refractivity contribution in [1.29, 1.82) is 0 Å². The summed E-state index contributed by atoms with van der Waals surface area (Å²) in [5, 5.41) is 0. The second-order valence-electron chi connectivity index (χ2n) is 7.57. The number of Topliss-reactive ketones (excluding diaryl/α,β-unsaturated/α-hetero) is 1. The van der Waals surface area contributed by atoms with Crippen LogP contribution in [-0.2, 0) is 13.1 Å². The van der Waals surface area contributed by atoms with Gasteiger partial charge in [-0.2, -0.15) is 0 Å². The number of rotatable bonds is 6. The van der Waals surface area contributed by atoms with E-state index in [0.717, 1.165) is 29.5 Å². The zero-order chi connectivity index (χ0) is 20.3. The molecule has 0 spiro atoms. The summed E-state index contributed by atoms with van der Waals surface area (Å²) in [5.74, 6) is -0.312. The summed E-state index contributed by atoms with van der Waals surface area (Å²) in [7, 11) is 0. The van der Waals surface area contributed by atoms with Gasteiger partial charge in [-0.1, -0.05) is 30.3 Å². The monoisotopic (exact) mass is 385 g/mol. The van der Waals surface area contributed by atoms with Gasteiger partial charge in [-0.25, -0.2) is 4.79 Å². The lowest BCUT2D eigenvalue weighted by atomic mass is 10.0. The van der Waals surface area contributed by atoms with Crippen LogP contribution in [-0.4, -0.2) is 34.0 Å². The molecule has 2 atom stereocenters. The molecule has 0 aliphatic carbocycles. The molecule has 0 bridgehead atoms. The molecule has 0 saturated carbocycles. The normalized spacial score (nSPS) is 19.5. The molecule has 1 aromatic carbocycles. The van der Waals surface area contributed by atoms with E-state index in [1.54, 1.807) is 6.92 Å². The third-order valence-corrected chi connectivity index (χ3v) is 5.72. The molecule has 0 amide bonds. The summed E-state index contributed by atoms with van der Waals surface area (Å²) >= 11 is 0. The first-order valence-corrected chi connectivity index (χ1v) is 9.98. The second-order valence-corrected chi connectivity index (χ2v) is 7.57. The maximum absolute atomic E-state index is 13.1. The number of hydrogen-bond donors (Lipinski definition) is 2. The highest BCUT2D eigenvalue weighted by molar-refractivity contribution is 6.00. The molecule has 150 valence electrons. The number of hydrogen-bond acceptors (Lipinski definition) is 4. The first kappa shape index (κ1) is 20.1. The summed E-state index contributed by atoms with van der Waals surface area (Å²) < 4.78 is 2.43. The minimum Gasteiger partial charge on any atom is -0.384 e. The topological polar surface area (TPSA) is 91.5 Å². The van der Waals surface area contributed by atoms with Crippen molar-refractivity contribution in [2.45, 2.75) is 52.2 Å². The van der Waals surface area contributed by atoms with Crippen LogP contribution in [0.2, 0.25) is 0 Å². The highest BCUT2D eigenvalue weighted by Gasteiger charge is 2.29. The average Bonchev–Trinajstić information content (AvgIpc) is 2.68. The highest BCUT2D eigenvalue weighted by atomic mass is 16.2. The molecular formula is C21H29N4O3+. The van der Waals surface area contributed by atoms with Crippen LogP contribution in [0.4, 0.5) is 5.82 Å². The van der Waals surface area contributed by atoms with E-state index in [0.29, 0.717) is 6.04 Å². The van der Waals surface area contributed by atoms with Crippen LogP contribution in [0.15, 0.2) is 39.9 Å². The van der Waals surface area contributed by atoms with Gasteiger partial charge >= 0.3 is 5.69 Å². The van der Waals surface area contributed by atoms with E-state index in [9.17, 15) is 14.4 Å². The van der Waals surface area contributed by atoms with Gasteiger partial charge in [0.05, 0.1) is 19.1 Å². The van der Waals surface area contributed by atoms with Crippen LogP contribution in [0.5, 0.6) is 0 Å². The lowest BCUT2D eigenvalue weighted by Gasteiger charge is -2.29. The molecule has 1 saturated heterocycles. The molecule has 7 heteroatoms. The number of benzene rings is 1. The van der Waals surface area contributed by atoms with Crippen molar-refractivity contribution in [2.24, 2.45) is 0 Å². The second kappa shape index (κ2) is 8.56.